The highest BCUT2D eigenvalue weighted by Crippen LogP contribution is 2.43. The number of aliphatic hydroxyl groups is 2. The van der Waals surface area contributed by atoms with E-state index >= 15 is 0 Å². The number of rotatable bonds is 9. The summed E-state index contributed by atoms with van der Waals surface area (Å²) in [6.07, 6.45) is 6.45. The van der Waals surface area contributed by atoms with Crippen LogP contribution in [0, 0.1) is 11.8 Å². The Labute approximate surface area is 165 Å². The lowest BCUT2D eigenvalue weighted by molar-refractivity contribution is -0.137. The predicted octanol–water partition coefficient (Wildman–Crippen LogP) is 2.78. The molecule has 154 valence electrons. The first-order valence-corrected chi connectivity index (χ1v) is 10.1. The van der Waals surface area contributed by atoms with Crippen LogP contribution < -0.4 is 4.74 Å². The molecule has 1 heterocycles. The number of fused-ring (bicyclic) bond motifs is 1. The molecule has 3 N–H and O–H groups in total. The summed E-state index contributed by atoms with van der Waals surface area (Å²) in [5.74, 6) is 0.149. The number of para-hydroxylation sites is 1. The van der Waals surface area contributed by atoms with Gasteiger partial charge in [0, 0.05) is 18.8 Å². The minimum absolute atomic E-state index is 0.00550. The van der Waals surface area contributed by atoms with Crippen molar-refractivity contribution >= 4 is 5.97 Å². The van der Waals surface area contributed by atoms with Crippen molar-refractivity contribution in [2.24, 2.45) is 11.8 Å². The fraction of sp³-hybridized carbons (Fsp3) is 0.591. The molecular weight excluding hydrogens is 360 g/mol. The molecule has 0 amide bonds. The molecule has 0 spiro atoms. The fourth-order valence-electron chi connectivity index (χ4n) is 4.31. The van der Waals surface area contributed by atoms with Crippen LogP contribution in [-0.4, -0.2) is 52.3 Å². The van der Waals surface area contributed by atoms with Gasteiger partial charge in [-0.1, -0.05) is 30.4 Å². The maximum atomic E-state index is 10.7. The predicted molar refractivity (Wildman–Crippen MR) is 104 cm³/mol. The van der Waals surface area contributed by atoms with Gasteiger partial charge in [0.1, 0.15) is 18.5 Å². The number of aliphatic hydroxyl groups excluding tert-OH is 2. The van der Waals surface area contributed by atoms with Gasteiger partial charge < -0.3 is 24.8 Å². The topological polar surface area (TPSA) is 96.2 Å². The number of carbonyl (C=O) groups is 1. The van der Waals surface area contributed by atoms with Crippen LogP contribution in [0.2, 0.25) is 0 Å². The Balaban J connectivity index is 1.46. The Morgan fingerprint density at radius 2 is 2.07 bits per heavy atom. The minimum atomic E-state index is -0.773. The Morgan fingerprint density at radius 1 is 1.29 bits per heavy atom. The second-order valence-corrected chi connectivity index (χ2v) is 7.78. The number of ether oxygens (including phenoxy) is 2. The quantitative estimate of drug-likeness (QED) is 0.561. The number of carboxylic acids is 1. The number of aliphatic carboxylic acids is 1. The lowest BCUT2D eigenvalue weighted by Crippen LogP contribution is -2.33. The van der Waals surface area contributed by atoms with Gasteiger partial charge in [-0.3, -0.25) is 4.79 Å². The molecule has 1 aliphatic heterocycles. The van der Waals surface area contributed by atoms with Gasteiger partial charge in [0.25, 0.3) is 0 Å². The Bertz CT molecular complexity index is 646. The summed E-state index contributed by atoms with van der Waals surface area (Å²) in [6.45, 7) is 0.166. The summed E-state index contributed by atoms with van der Waals surface area (Å²) in [7, 11) is 0. The van der Waals surface area contributed by atoms with Crippen LogP contribution in [0.1, 0.15) is 38.5 Å². The Kier molecular flexibility index (Phi) is 7.48. The second kappa shape index (κ2) is 10.0. The van der Waals surface area contributed by atoms with E-state index in [1.54, 1.807) is 6.08 Å². The van der Waals surface area contributed by atoms with Gasteiger partial charge in [0.05, 0.1) is 18.3 Å². The van der Waals surface area contributed by atoms with Gasteiger partial charge >= 0.3 is 5.97 Å². The molecule has 2 fully saturated rings. The summed E-state index contributed by atoms with van der Waals surface area (Å²) in [4.78, 5) is 10.7. The van der Waals surface area contributed by atoms with Crippen LogP contribution >= 0.6 is 0 Å². The third-order valence-electron chi connectivity index (χ3n) is 5.72. The van der Waals surface area contributed by atoms with E-state index in [9.17, 15) is 15.0 Å². The van der Waals surface area contributed by atoms with Crippen molar-refractivity contribution in [2.45, 2.75) is 62.9 Å². The first kappa shape index (κ1) is 20.8. The first-order valence-electron chi connectivity index (χ1n) is 10.1. The van der Waals surface area contributed by atoms with Crippen LogP contribution in [-0.2, 0) is 9.53 Å². The van der Waals surface area contributed by atoms with Crippen LogP contribution in [0.4, 0.5) is 0 Å². The highest BCUT2D eigenvalue weighted by atomic mass is 16.5. The van der Waals surface area contributed by atoms with Crippen LogP contribution in [0.15, 0.2) is 42.5 Å². The summed E-state index contributed by atoms with van der Waals surface area (Å²) < 4.78 is 11.7. The SMILES string of the molecule is O=C(O)CCC[C@@H]1CC[C@@H]2[C@@H](/C=C/[C@@H](O)COc3ccccc3)[C@H](O)C[C@@H]2O1. The van der Waals surface area contributed by atoms with Gasteiger partial charge in [0.2, 0.25) is 0 Å². The molecule has 6 heteroatoms. The molecule has 28 heavy (non-hydrogen) atoms. The van der Waals surface area contributed by atoms with Crippen molar-refractivity contribution in [3.05, 3.63) is 42.5 Å². The second-order valence-electron chi connectivity index (χ2n) is 7.78. The zero-order valence-electron chi connectivity index (χ0n) is 16.0. The zero-order valence-corrected chi connectivity index (χ0v) is 16.0. The van der Waals surface area contributed by atoms with Crippen LogP contribution in [0.3, 0.4) is 0 Å². The first-order chi connectivity index (χ1) is 13.5. The van der Waals surface area contributed by atoms with Gasteiger partial charge in [-0.25, -0.2) is 0 Å². The molecule has 6 atom stereocenters. The van der Waals surface area contributed by atoms with E-state index in [4.69, 9.17) is 14.6 Å². The van der Waals surface area contributed by atoms with Crippen molar-refractivity contribution in [3.8, 4) is 5.75 Å². The van der Waals surface area contributed by atoms with Crippen LogP contribution in [0.25, 0.3) is 0 Å². The molecule has 0 aromatic heterocycles. The van der Waals surface area contributed by atoms with Gasteiger partial charge in [0.15, 0.2) is 0 Å². The molecule has 0 unspecified atom stereocenters. The van der Waals surface area contributed by atoms with Gasteiger partial charge in [-0.2, -0.15) is 0 Å². The van der Waals surface area contributed by atoms with Crippen molar-refractivity contribution in [3.63, 3.8) is 0 Å². The normalized spacial score (nSPS) is 30.9. The van der Waals surface area contributed by atoms with E-state index in [0.717, 1.165) is 19.3 Å². The summed E-state index contributed by atoms with van der Waals surface area (Å²) in [5.41, 5.74) is 0. The molecule has 1 aromatic rings. The maximum absolute atomic E-state index is 10.7. The molecule has 0 radical (unpaired) electrons. The summed E-state index contributed by atoms with van der Waals surface area (Å²) in [6, 6.07) is 9.35. The average Bonchev–Trinajstić information content (AvgIpc) is 2.99. The number of hydrogen-bond donors (Lipinski definition) is 3. The Morgan fingerprint density at radius 3 is 2.82 bits per heavy atom. The highest BCUT2D eigenvalue weighted by Gasteiger charge is 2.45. The zero-order chi connectivity index (χ0) is 19.9. The fourth-order valence-corrected chi connectivity index (χ4v) is 4.31. The van der Waals surface area contributed by atoms with E-state index in [2.05, 4.69) is 0 Å². The minimum Gasteiger partial charge on any atom is -0.491 e. The van der Waals surface area contributed by atoms with Crippen molar-refractivity contribution in [1.29, 1.82) is 0 Å². The molecule has 0 bridgehead atoms. The number of benzene rings is 1. The summed E-state index contributed by atoms with van der Waals surface area (Å²) >= 11 is 0. The van der Waals surface area contributed by atoms with Crippen molar-refractivity contribution in [2.75, 3.05) is 6.61 Å². The molecular formula is C22H30O6. The Hall–Kier alpha value is -1.89. The largest absolute Gasteiger partial charge is 0.491 e. The third-order valence-corrected chi connectivity index (χ3v) is 5.72. The standard InChI is InChI=1S/C22H30O6/c23-15(14-27-16-5-2-1-3-6-16)9-11-18-19-12-10-17(7-4-8-22(25)26)28-21(19)13-20(18)24/h1-3,5-6,9,11,15,17-21,23-24H,4,7-8,10,12-14H2,(H,25,26)/b11-9+/t15-,17-,18-,19-,20-,21+/m1/s1. The summed E-state index contributed by atoms with van der Waals surface area (Å²) in [5, 5.41) is 29.4. The lowest BCUT2D eigenvalue weighted by atomic mass is 9.85. The monoisotopic (exact) mass is 390 g/mol. The average molecular weight is 390 g/mol. The molecule has 1 aliphatic carbocycles. The smallest absolute Gasteiger partial charge is 0.303 e. The molecule has 2 aliphatic rings. The van der Waals surface area contributed by atoms with E-state index in [-0.39, 0.29) is 37.1 Å². The van der Waals surface area contributed by atoms with Crippen molar-refractivity contribution in [1.82, 2.24) is 0 Å². The third kappa shape index (κ3) is 5.80. The molecule has 1 saturated carbocycles. The molecule has 6 nitrogen and oxygen atoms in total. The number of hydrogen-bond acceptors (Lipinski definition) is 5. The molecule has 1 saturated heterocycles. The van der Waals surface area contributed by atoms with Crippen LogP contribution in [0.5, 0.6) is 5.75 Å². The highest BCUT2D eigenvalue weighted by molar-refractivity contribution is 5.66. The van der Waals surface area contributed by atoms with E-state index in [1.807, 2.05) is 36.4 Å². The van der Waals surface area contributed by atoms with Gasteiger partial charge in [-0.15, -0.1) is 0 Å². The van der Waals surface area contributed by atoms with Gasteiger partial charge in [-0.05, 0) is 43.7 Å². The van der Waals surface area contributed by atoms with Crippen molar-refractivity contribution < 1.29 is 29.6 Å². The number of carboxylic acid groups (broad SMARTS) is 1. The lowest BCUT2D eigenvalue weighted by Gasteiger charge is -2.34. The molecule has 3 rings (SSSR count). The molecule has 1 aromatic carbocycles. The van der Waals surface area contributed by atoms with E-state index in [0.29, 0.717) is 18.6 Å². The van der Waals surface area contributed by atoms with E-state index < -0.39 is 18.2 Å². The van der Waals surface area contributed by atoms with E-state index in [1.165, 1.54) is 0 Å². The maximum Gasteiger partial charge on any atom is 0.303 e.